The predicted molar refractivity (Wildman–Crippen MR) is 58.4 cm³/mol. The number of oxazole rings is 1. The van der Waals surface area contributed by atoms with Crippen LogP contribution in [0.4, 0.5) is 0 Å². The van der Waals surface area contributed by atoms with Gasteiger partial charge in [0.15, 0.2) is 6.39 Å². The largest absolute Gasteiger partial charge is 0.438 e. The molecule has 0 radical (unpaired) electrons. The van der Waals surface area contributed by atoms with Crippen molar-refractivity contribution in [3.05, 3.63) is 17.8 Å². The number of aliphatic hydroxyl groups excluding tert-OH is 2. The first kappa shape index (κ1) is 12.1. The van der Waals surface area contributed by atoms with Crippen LogP contribution >= 0.6 is 0 Å². The number of hydrogen-bond donors (Lipinski definition) is 3. The van der Waals surface area contributed by atoms with Crippen LogP contribution in [0, 0.1) is 6.92 Å². The van der Waals surface area contributed by atoms with Crippen molar-refractivity contribution in [1.29, 1.82) is 0 Å². The topological polar surface area (TPSA) is 95.6 Å². The fraction of sp³-hybridized carbons (Fsp3) is 0.636. The summed E-state index contributed by atoms with van der Waals surface area (Å²) in [4.78, 5) is 15.6. The molecule has 1 fully saturated rings. The Morgan fingerprint density at radius 2 is 2.29 bits per heavy atom. The zero-order valence-electron chi connectivity index (χ0n) is 9.59. The van der Waals surface area contributed by atoms with Crippen LogP contribution in [-0.2, 0) is 0 Å². The lowest BCUT2D eigenvalue weighted by molar-refractivity contribution is -0.0279. The van der Waals surface area contributed by atoms with Crippen LogP contribution in [0.5, 0.6) is 0 Å². The molecule has 0 aliphatic heterocycles. The summed E-state index contributed by atoms with van der Waals surface area (Å²) in [5.74, 6) is -0.254. The van der Waals surface area contributed by atoms with Gasteiger partial charge in [0, 0.05) is 0 Å². The molecular weight excluding hydrogens is 224 g/mol. The van der Waals surface area contributed by atoms with Gasteiger partial charge in [0.05, 0.1) is 17.8 Å². The number of carbonyl (C=O) groups excluding carboxylic acids is 1. The first-order valence-electron chi connectivity index (χ1n) is 5.66. The van der Waals surface area contributed by atoms with E-state index in [2.05, 4.69) is 10.3 Å². The Bertz CT molecular complexity index is 404. The van der Waals surface area contributed by atoms with Gasteiger partial charge in [-0.2, -0.15) is 0 Å². The molecule has 0 saturated heterocycles. The maximum atomic E-state index is 11.8. The smallest absolute Gasteiger partial charge is 0.289 e. The highest BCUT2D eigenvalue weighted by atomic mass is 16.4. The highest BCUT2D eigenvalue weighted by molar-refractivity contribution is 5.92. The Labute approximate surface area is 98.7 Å². The molecule has 0 aromatic carbocycles. The third-order valence-corrected chi connectivity index (χ3v) is 3.09. The fourth-order valence-corrected chi connectivity index (χ4v) is 2.07. The van der Waals surface area contributed by atoms with Crippen molar-refractivity contribution in [2.75, 3.05) is 0 Å². The molecule has 17 heavy (non-hydrogen) atoms. The maximum Gasteiger partial charge on any atom is 0.289 e. The van der Waals surface area contributed by atoms with Crippen molar-refractivity contribution in [3.63, 3.8) is 0 Å². The molecule has 2 rings (SSSR count). The minimum Gasteiger partial charge on any atom is -0.438 e. The van der Waals surface area contributed by atoms with E-state index in [1.54, 1.807) is 6.92 Å². The molecule has 94 valence electrons. The number of hydrogen-bond acceptors (Lipinski definition) is 5. The molecule has 1 heterocycles. The summed E-state index contributed by atoms with van der Waals surface area (Å²) < 4.78 is 4.96. The molecule has 6 heteroatoms. The van der Waals surface area contributed by atoms with Crippen LogP contribution in [0.2, 0.25) is 0 Å². The van der Waals surface area contributed by atoms with Crippen molar-refractivity contribution in [1.82, 2.24) is 10.3 Å². The predicted octanol–water partition coefficient (Wildman–Crippen LogP) is -0.0129. The summed E-state index contributed by atoms with van der Waals surface area (Å²) in [5.41, 5.74) is 0.508. The van der Waals surface area contributed by atoms with Crippen molar-refractivity contribution < 1.29 is 19.4 Å². The van der Waals surface area contributed by atoms with Crippen LogP contribution in [0.25, 0.3) is 0 Å². The molecule has 1 amide bonds. The van der Waals surface area contributed by atoms with E-state index < -0.39 is 24.2 Å². The first-order chi connectivity index (χ1) is 8.09. The molecular formula is C11H16N2O4. The lowest BCUT2D eigenvalue weighted by atomic mass is 9.90. The van der Waals surface area contributed by atoms with Crippen molar-refractivity contribution in [3.8, 4) is 0 Å². The monoisotopic (exact) mass is 240 g/mol. The van der Waals surface area contributed by atoms with Gasteiger partial charge < -0.3 is 19.9 Å². The molecule has 0 unspecified atom stereocenters. The highest BCUT2D eigenvalue weighted by Gasteiger charge is 2.32. The zero-order chi connectivity index (χ0) is 12.4. The van der Waals surface area contributed by atoms with Gasteiger partial charge in [-0.3, -0.25) is 4.79 Å². The van der Waals surface area contributed by atoms with Gasteiger partial charge in [-0.05, 0) is 26.2 Å². The minimum atomic E-state index is -0.920. The quantitative estimate of drug-likeness (QED) is 0.675. The molecule has 1 aromatic rings. The van der Waals surface area contributed by atoms with Gasteiger partial charge in [-0.25, -0.2) is 4.98 Å². The SMILES string of the molecule is Cc1ncoc1C(=O)N[C@@H]1CCC[C@@H](O)[C@@H]1O. The third kappa shape index (κ3) is 2.48. The molecule has 6 nitrogen and oxygen atoms in total. The van der Waals surface area contributed by atoms with Gasteiger partial charge in [0.2, 0.25) is 5.76 Å². The van der Waals surface area contributed by atoms with E-state index in [0.29, 0.717) is 18.5 Å². The normalized spacial score (nSPS) is 29.0. The Morgan fingerprint density at radius 3 is 2.94 bits per heavy atom. The van der Waals surface area contributed by atoms with Crippen LogP contribution in [0.3, 0.4) is 0 Å². The number of aromatic nitrogens is 1. The van der Waals surface area contributed by atoms with E-state index in [4.69, 9.17) is 4.42 Å². The molecule has 1 aromatic heterocycles. The second kappa shape index (κ2) is 4.85. The van der Waals surface area contributed by atoms with E-state index in [1.807, 2.05) is 0 Å². The van der Waals surface area contributed by atoms with E-state index >= 15 is 0 Å². The fourth-order valence-electron chi connectivity index (χ4n) is 2.07. The molecule has 1 aliphatic rings. The number of carbonyl (C=O) groups is 1. The van der Waals surface area contributed by atoms with Crippen molar-refractivity contribution >= 4 is 5.91 Å². The lowest BCUT2D eigenvalue weighted by Gasteiger charge is -2.32. The Hall–Kier alpha value is -1.40. The molecule has 1 aliphatic carbocycles. The van der Waals surface area contributed by atoms with E-state index in [-0.39, 0.29) is 5.76 Å². The Kier molecular flexibility index (Phi) is 3.44. The number of nitrogens with zero attached hydrogens (tertiary/aromatic N) is 1. The summed E-state index contributed by atoms with van der Waals surface area (Å²) in [6.45, 7) is 1.67. The van der Waals surface area contributed by atoms with Gasteiger partial charge in [0.1, 0.15) is 6.10 Å². The number of amides is 1. The summed E-state index contributed by atoms with van der Waals surface area (Å²) in [6.07, 6.45) is 1.50. The number of aliphatic hydroxyl groups is 2. The number of nitrogens with one attached hydrogen (secondary N) is 1. The summed E-state index contributed by atoms with van der Waals surface area (Å²) in [7, 11) is 0. The van der Waals surface area contributed by atoms with Crippen LogP contribution in [0.15, 0.2) is 10.8 Å². The first-order valence-corrected chi connectivity index (χ1v) is 5.66. The molecule has 3 atom stereocenters. The maximum absolute atomic E-state index is 11.8. The van der Waals surface area contributed by atoms with Gasteiger partial charge >= 0.3 is 0 Å². The van der Waals surface area contributed by atoms with Crippen LogP contribution in [-0.4, -0.2) is 39.4 Å². The van der Waals surface area contributed by atoms with Gasteiger partial charge in [-0.1, -0.05) is 0 Å². The number of rotatable bonds is 2. The third-order valence-electron chi connectivity index (χ3n) is 3.09. The summed E-state index contributed by atoms with van der Waals surface area (Å²) in [6, 6.07) is -0.434. The second-order valence-corrected chi connectivity index (χ2v) is 4.34. The number of aryl methyl sites for hydroxylation is 1. The Morgan fingerprint density at radius 1 is 1.53 bits per heavy atom. The van der Waals surface area contributed by atoms with Crippen LogP contribution in [0.1, 0.15) is 35.5 Å². The summed E-state index contributed by atoms with van der Waals surface area (Å²) in [5, 5.41) is 21.9. The van der Waals surface area contributed by atoms with E-state index in [0.717, 1.165) is 6.42 Å². The highest BCUT2D eigenvalue weighted by Crippen LogP contribution is 2.19. The minimum absolute atomic E-state index is 0.150. The Balaban J connectivity index is 2.01. The average Bonchev–Trinajstić information content (AvgIpc) is 2.71. The van der Waals surface area contributed by atoms with Crippen LogP contribution < -0.4 is 5.32 Å². The average molecular weight is 240 g/mol. The van der Waals surface area contributed by atoms with Gasteiger partial charge in [0.25, 0.3) is 5.91 Å². The van der Waals surface area contributed by atoms with E-state index in [1.165, 1.54) is 6.39 Å². The standard InChI is InChI=1S/C11H16N2O4/c1-6-10(17-5-12-6)11(16)13-7-3-2-4-8(14)9(7)15/h5,7-9,14-15H,2-4H2,1H3,(H,13,16)/t7-,8-,9-/m1/s1. The molecule has 1 saturated carbocycles. The lowest BCUT2D eigenvalue weighted by Crippen LogP contribution is -2.51. The molecule has 0 spiro atoms. The van der Waals surface area contributed by atoms with Crippen molar-refractivity contribution in [2.45, 2.75) is 44.4 Å². The summed E-state index contributed by atoms with van der Waals surface area (Å²) >= 11 is 0. The van der Waals surface area contributed by atoms with Gasteiger partial charge in [-0.15, -0.1) is 0 Å². The van der Waals surface area contributed by atoms with E-state index in [9.17, 15) is 15.0 Å². The molecule has 3 N–H and O–H groups in total. The second-order valence-electron chi connectivity index (χ2n) is 4.34. The zero-order valence-corrected chi connectivity index (χ0v) is 9.59. The molecule has 0 bridgehead atoms. The van der Waals surface area contributed by atoms with Crippen molar-refractivity contribution in [2.24, 2.45) is 0 Å².